The topological polar surface area (TPSA) is 20.2 Å². The van der Waals surface area contributed by atoms with Crippen molar-refractivity contribution in [1.82, 2.24) is 0 Å². The molecule has 1 aromatic carbocycles. The molecule has 0 spiro atoms. The Labute approximate surface area is 172 Å². The summed E-state index contributed by atoms with van der Waals surface area (Å²) in [7, 11) is 1.08. The van der Waals surface area contributed by atoms with E-state index in [1.165, 1.54) is 5.57 Å². The number of hydrogen-bond donors (Lipinski definition) is 1. The molecule has 0 saturated heterocycles. The van der Waals surface area contributed by atoms with Crippen LogP contribution < -0.4 is 0 Å². The van der Waals surface area contributed by atoms with Gasteiger partial charge in [-0.3, -0.25) is 6.08 Å². The van der Waals surface area contributed by atoms with Crippen molar-refractivity contribution in [1.29, 1.82) is 0 Å². The van der Waals surface area contributed by atoms with Gasteiger partial charge in [0.1, 0.15) is 5.75 Å². The maximum absolute atomic E-state index is 9.18. The number of aromatic hydroxyl groups is 1. The summed E-state index contributed by atoms with van der Waals surface area (Å²) in [4.78, 5) is 0. The Hall–Kier alpha value is 0.0112. The fourth-order valence-electron chi connectivity index (χ4n) is 1.49. The molecule has 1 aliphatic rings. The minimum absolute atomic E-state index is 0. The van der Waals surface area contributed by atoms with Crippen LogP contribution in [0.5, 0.6) is 5.75 Å². The Morgan fingerprint density at radius 2 is 1.65 bits per heavy atom. The van der Waals surface area contributed by atoms with Gasteiger partial charge in [-0.05, 0) is 23.1 Å². The van der Waals surface area contributed by atoms with Gasteiger partial charge in [-0.15, -0.1) is 31.2 Å². The number of phenolic OH excluding ortho intramolecular Hbond substituents is 1. The van der Waals surface area contributed by atoms with Crippen LogP contribution in [0.15, 0.2) is 42.0 Å². The summed E-state index contributed by atoms with van der Waals surface area (Å²) in [6.07, 6.45) is 8.33. The van der Waals surface area contributed by atoms with Crippen molar-refractivity contribution in [3.63, 3.8) is 0 Å². The van der Waals surface area contributed by atoms with Crippen LogP contribution in [0.25, 0.3) is 0 Å². The maximum atomic E-state index is 9.18. The fourth-order valence-corrected chi connectivity index (χ4v) is 1.49. The summed E-state index contributed by atoms with van der Waals surface area (Å²) in [5.41, 5.74) is 2.56. The van der Waals surface area contributed by atoms with Crippen molar-refractivity contribution < 1.29 is 26.8 Å². The van der Waals surface area contributed by atoms with Gasteiger partial charge < -0.3 is 5.11 Å². The number of rotatable bonds is 0. The molecule has 0 aromatic heterocycles. The average Bonchev–Trinajstić information content (AvgIpc) is 2.81. The standard InChI is InChI=1S/C10H14O.C6H7.C2H6Si.2ClH.Ti/c1-10(2,3)8-5-4-6-9(11)7-8;1-6-4-2-3-5-6;1-3-2;;;/h4-7,11H,1-3H3;2,4H,3H2,1H3;1-2H3;2*1H;/q;-1;;;;. The van der Waals surface area contributed by atoms with Gasteiger partial charge in [-0.2, -0.15) is 6.08 Å². The van der Waals surface area contributed by atoms with Crippen LogP contribution in [-0.4, -0.2) is 14.6 Å². The molecular weight excluding hydrogens is 379 g/mol. The van der Waals surface area contributed by atoms with Gasteiger partial charge in [0.25, 0.3) is 0 Å². The molecule has 2 radical (unpaired) electrons. The predicted octanol–water partition coefficient (Wildman–Crippen LogP) is 6.01. The van der Waals surface area contributed by atoms with Crippen molar-refractivity contribution in [2.45, 2.75) is 52.6 Å². The number of phenols is 1. The SMILES string of the molecule is CC(C)(C)c1cccc(O)c1.CC1=[C-]CC=C1.C[Si]C.Cl.Cl.[Ti]. The second-order valence-electron chi connectivity index (χ2n) is 5.77. The summed E-state index contributed by atoms with van der Waals surface area (Å²) in [6, 6.07) is 7.39. The minimum atomic E-state index is 0. The third-order valence-corrected chi connectivity index (χ3v) is 2.58. The maximum Gasteiger partial charge on any atom is 0.115 e. The Balaban J connectivity index is -0.000000130. The van der Waals surface area contributed by atoms with Gasteiger partial charge in [-0.1, -0.05) is 52.9 Å². The third-order valence-electron chi connectivity index (χ3n) is 2.58. The average molecular weight is 408 g/mol. The zero-order valence-electron chi connectivity index (χ0n) is 14.9. The van der Waals surface area contributed by atoms with Gasteiger partial charge in [0.15, 0.2) is 0 Å². The van der Waals surface area contributed by atoms with E-state index in [0.29, 0.717) is 5.75 Å². The summed E-state index contributed by atoms with van der Waals surface area (Å²) >= 11 is 0. The van der Waals surface area contributed by atoms with Crippen LogP contribution >= 0.6 is 24.8 Å². The minimum Gasteiger partial charge on any atom is -0.508 e. The Kier molecular flexibility index (Phi) is 22.6. The number of hydrogen-bond acceptors (Lipinski definition) is 1. The Morgan fingerprint density at radius 3 is 1.87 bits per heavy atom. The molecule has 1 nitrogen and oxygen atoms in total. The van der Waals surface area contributed by atoms with Crippen molar-refractivity contribution >= 4 is 34.3 Å². The van der Waals surface area contributed by atoms with Gasteiger partial charge in [0, 0.05) is 31.2 Å². The van der Waals surface area contributed by atoms with E-state index in [1.54, 1.807) is 12.1 Å². The molecule has 5 heteroatoms. The molecule has 1 aromatic rings. The largest absolute Gasteiger partial charge is 0.508 e. The van der Waals surface area contributed by atoms with Crippen LogP contribution in [-0.2, 0) is 27.1 Å². The second kappa shape index (κ2) is 16.9. The van der Waals surface area contributed by atoms with Crippen molar-refractivity contribution in [2.24, 2.45) is 0 Å². The molecule has 1 aliphatic carbocycles. The van der Waals surface area contributed by atoms with Crippen LogP contribution in [0, 0.1) is 6.08 Å². The molecule has 0 saturated carbocycles. The summed E-state index contributed by atoms with van der Waals surface area (Å²) < 4.78 is 0. The molecule has 0 unspecified atom stereocenters. The van der Waals surface area contributed by atoms with Gasteiger partial charge >= 0.3 is 0 Å². The summed E-state index contributed by atoms with van der Waals surface area (Å²) in [5, 5.41) is 9.18. The number of benzene rings is 1. The zero-order valence-corrected chi connectivity index (χ0v) is 19.1. The smallest absolute Gasteiger partial charge is 0.115 e. The van der Waals surface area contributed by atoms with E-state index in [4.69, 9.17) is 0 Å². The van der Waals surface area contributed by atoms with E-state index in [0.717, 1.165) is 21.5 Å². The van der Waals surface area contributed by atoms with Gasteiger partial charge in [0.2, 0.25) is 0 Å². The molecule has 2 rings (SSSR count). The van der Waals surface area contributed by atoms with Crippen molar-refractivity contribution in [3.05, 3.63) is 53.6 Å². The van der Waals surface area contributed by atoms with Crippen LogP contribution in [0.4, 0.5) is 0 Å². The van der Waals surface area contributed by atoms with Crippen LogP contribution in [0.3, 0.4) is 0 Å². The third kappa shape index (κ3) is 16.6. The van der Waals surface area contributed by atoms with Gasteiger partial charge in [0.05, 0.1) is 0 Å². The Bertz CT molecular complexity index is 452. The molecule has 0 heterocycles. The van der Waals surface area contributed by atoms with Crippen LogP contribution in [0.2, 0.25) is 13.1 Å². The zero-order chi connectivity index (χ0) is 15.6. The molecule has 0 fully saturated rings. The van der Waals surface area contributed by atoms with E-state index in [2.05, 4.69) is 59.0 Å². The first-order chi connectivity index (χ1) is 9.31. The molecule has 0 amide bonds. The van der Waals surface area contributed by atoms with Crippen molar-refractivity contribution in [3.8, 4) is 5.75 Å². The van der Waals surface area contributed by atoms with Gasteiger partial charge in [-0.25, -0.2) is 11.6 Å². The number of allylic oxidation sites excluding steroid dienone is 4. The molecule has 0 bridgehead atoms. The molecule has 23 heavy (non-hydrogen) atoms. The normalized spacial score (nSPS) is 11.1. The Morgan fingerprint density at radius 1 is 1.13 bits per heavy atom. The molecule has 0 atom stereocenters. The summed E-state index contributed by atoms with van der Waals surface area (Å²) in [5.74, 6) is 0.345. The van der Waals surface area contributed by atoms with Crippen molar-refractivity contribution in [2.75, 3.05) is 0 Å². The monoisotopic (exact) mass is 407 g/mol. The molecule has 130 valence electrons. The fraction of sp³-hybridized carbons (Fsp3) is 0.444. The molecule has 0 aliphatic heterocycles. The second-order valence-corrected chi connectivity index (χ2v) is 6.77. The van der Waals surface area contributed by atoms with E-state index in [1.807, 2.05) is 12.1 Å². The predicted molar refractivity (Wildman–Crippen MR) is 105 cm³/mol. The first kappa shape index (κ1) is 30.8. The van der Waals surface area contributed by atoms with E-state index < -0.39 is 0 Å². The first-order valence-corrected chi connectivity index (χ1v) is 8.93. The number of halogens is 2. The van der Waals surface area contributed by atoms with E-state index in [9.17, 15) is 5.11 Å². The summed E-state index contributed by atoms with van der Waals surface area (Å²) in [6.45, 7) is 12.7. The quantitative estimate of drug-likeness (QED) is 0.412. The first-order valence-electron chi connectivity index (χ1n) is 6.93. The molecular formula is C18H29Cl2OSiTi-. The van der Waals surface area contributed by atoms with Crippen LogP contribution in [0.1, 0.15) is 39.7 Å². The van der Waals surface area contributed by atoms with E-state index in [-0.39, 0.29) is 51.9 Å². The van der Waals surface area contributed by atoms with E-state index >= 15 is 0 Å². The molecule has 1 N–H and O–H groups in total.